The molecule has 108 valence electrons. The maximum absolute atomic E-state index is 10.3. The molecule has 1 heterocycles. The maximum atomic E-state index is 10.3. The van der Waals surface area contributed by atoms with Crippen LogP contribution in [-0.4, -0.2) is 28.7 Å². The molecule has 1 atom stereocenters. The Bertz CT molecular complexity index is 481. The van der Waals surface area contributed by atoms with Gasteiger partial charge in [-0.2, -0.15) is 11.3 Å². The van der Waals surface area contributed by atoms with Crippen molar-refractivity contribution in [3.8, 4) is 0 Å². The van der Waals surface area contributed by atoms with Gasteiger partial charge in [0.15, 0.2) is 0 Å². The first-order valence-electron chi connectivity index (χ1n) is 7.12. The van der Waals surface area contributed by atoms with Crippen molar-refractivity contribution in [1.29, 1.82) is 0 Å². The van der Waals surface area contributed by atoms with Crippen LogP contribution in [0.2, 0.25) is 0 Å². The standard InChI is InChI=1S/C17H23NOS/c1-14(2)18(11-16-8-9-20-13-16)12-17(19)10-15-6-4-3-5-7-15/h3-9,13-14,17,19H,10-12H2,1-2H3. The summed E-state index contributed by atoms with van der Waals surface area (Å²) in [6.45, 7) is 5.98. The van der Waals surface area contributed by atoms with E-state index in [0.29, 0.717) is 19.0 Å². The molecule has 0 aliphatic heterocycles. The number of rotatable bonds is 7. The average molecular weight is 289 g/mol. The molecule has 20 heavy (non-hydrogen) atoms. The summed E-state index contributed by atoms with van der Waals surface area (Å²) >= 11 is 1.73. The highest BCUT2D eigenvalue weighted by Crippen LogP contribution is 2.13. The summed E-state index contributed by atoms with van der Waals surface area (Å²) in [6.07, 6.45) is 0.395. The van der Waals surface area contributed by atoms with E-state index in [1.54, 1.807) is 11.3 Å². The second-order valence-corrected chi connectivity index (χ2v) is 6.28. The van der Waals surface area contributed by atoms with Crippen molar-refractivity contribution in [2.24, 2.45) is 0 Å². The molecule has 1 aromatic carbocycles. The third kappa shape index (κ3) is 4.75. The molecule has 0 saturated carbocycles. The van der Waals surface area contributed by atoms with Crippen LogP contribution >= 0.6 is 11.3 Å². The molecule has 3 heteroatoms. The number of aliphatic hydroxyl groups is 1. The van der Waals surface area contributed by atoms with Crippen molar-refractivity contribution >= 4 is 11.3 Å². The van der Waals surface area contributed by atoms with Gasteiger partial charge in [0.25, 0.3) is 0 Å². The minimum atomic E-state index is -0.321. The van der Waals surface area contributed by atoms with E-state index in [2.05, 4.69) is 47.7 Å². The fraction of sp³-hybridized carbons (Fsp3) is 0.412. The van der Waals surface area contributed by atoms with Gasteiger partial charge < -0.3 is 5.11 Å². The summed E-state index contributed by atoms with van der Waals surface area (Å²) < 4.78 is 0. The van der Waals surface area contributed by atoms with E-state index in [1.807, 2.05) is 18.2 Å². The Kier molecular flexibility index (Phi) is 5.77. The van der Waals surface area contributed by atoms with E-state index >= 15 is 0 Å². The first-order chi connectivity index (χ1) is 9.65. The molecule has 2 aromatic rings. The number of hydrogen-bond acceptors (Lipinski definition) is 3. The smallest absolute Gasteiger partial charge is 0.0707 e. The van der Waals surface area contributed by atoms with E-state index in [1.165, 1.54) is 11.1 Å². The van der Waals surface area contributed by atoms with Crippen LogP contribution in [0, 0.1) is 0 Å². The molecule has 1 aromatic heterocycles. The van der Waals surface area contributed by atoms with Gasteiger partial charge in [-0.15, -0.1) is 0 Å². The van der Waals surface area contributed by atoms with Crippen molar-refractivity contribution in [2.45, 2.75) is 39.0 Å². The van der Waals surface area contributed by atoms with Crippen LogP contribution in [0.15, 0.2) is 47.2 Å². The van der Waals surface area contributed by atoms with Crippen LogP contribution in [0.3, 0.4) is 0 Å². The highest BCUT2D eigenvalue weighted by molar-refractivity contribution is 7.07. The molecule has 0 aliphatic rings. The second kappa shape index (κ2) is 7.58. The van der Waals surface area contributed by atoms with E-state index < -0.39 is 0 Å². The fourth-order valence-corrected chi connectivity index (χ4v) is 2.96. The molecule has 0 bridgehead atoms. The predicted molar refractivity (Wildman–Crippen MR) is 86.0 cm³/mol. The topological polar surface area (TPSA) is 23.5 Å². The van der Waals surface area contributed by atoms with Crippen LogP contribution in [0.25, 0.3) is 0 Å². The zero-order valence-electron chi connectivity index (χ0n) is 12.2. The van der Waals surface area contributed by atoms with Crippen LogP contribution in [0.4, 0.5) is 0 Å². The van der Waals surface area contributed by atoms with E-state index in [-0.39, 0.29) is 6.10 Å². The Labute approximate surface area is 125 Å². The quantitative estimate of drug-likeness (QED) is 0.842. The zero-order valence-corrected chi connectivity index (χ0v) is 13.0. The lowest BCUT2D eigenvalue weighted by Gasteiger charge is -2.28. The summed E-state index contributed by atoms with van der Waals surface area (Å²) in [4.78, 5) is 2.33. The Balaban J connectivity index is 1.90. The van der Waals surface area contributed by atoms with Gasteiger partial charge in [0.2, 0.25) is 0 Å². The minimum absolute atomic E-state index is 0.321. The molecule has 0 radical (unpaired) electrons. The molecule has 1 unspecified atom stereocenters. The summed E-state index contributed by atoms with van der Waals surface area (Å²) in [7, 11) is 0. The summed E-state index contributed by atoms with van der Waals surface area (Å²) in [5.74, 6) is 0. The highest BCUT2D eigenvalue weighted by Gasteiger charge is 2.15. The van der Waals surface area contributed by atoms with Crippen LogP contribution in [0.1, 0.15) is 25.0 Å². The lowest BCUT2D eigenvalue weighted by molar-refractivity contribution is 0.0909. The Hall–Kier alpha value is -1.16. The second-order valence-electron chi connectivity index (χ2n) is 5.50. The van der Waals surface area contributed by atoms with Gasteiger partial charge in [-0.1, -0.05) is 30.3 Å². The number of thiophene rings is 1. The molecule has 0 saturated heterocycles. The lowest BCUT2D eigenvalue weighted by atomic mass is 10.1. The average Bonchev–Trinajstić information content (AvgIpc) is 2.92. The molecule has 0 spiro atoms. The Morgan fingerprint density at radius 3 is 2.45 bits per heavy atom. The van der Waals surface area contributed by atoms with Crippen LogP contribution in [0.5, 0.6) is 0 Å². The van der Waals surface area contributed by atoms with Crippen molar-refractivity contribution < 1.29 is 5.11 Å². The molecule has 0 fully saturated rings. The lowest BCUT2D eigenvalue weighted by Crippen LogP contribution is -2.37. The van der Waals surface area contributed by atoms with Gasteiger partial charge in [-0.25, -0.2) is 0 Å². The first kappa shape index (κ1) is 15.2. The van der Waals surface area contributed by atoms with Crippen LogP contribution in [-0.2, 0) is 13.0 Å². The number of hydrogen-bond donors (Lipinski definition) is 1. The zero-order chi connectivity index (χ0) is 14.4. The van der Waals surface area contributed by atoms with Crippen molar-refractivity contribution in [3.63, 3.8) is 0 Å². The normalized spacial score (nSPS) is 13.1. The van der Waals surface area contributed by atoms with Gasteiger partial charge in [-0.3, -0.25) is 4.90 Å². The highest BCUT2D eigenvalue weighted by atomic mass is 32.1. The Morgan fingerprint density at radius 1 is 1.10 bits per heavy atom. The monoisotopic (exact) mass is 289 g/mol. The maximum Gasteiger partial charge on any atom is 0.0707 e. The fourth-order valence-electron chi connectivity index (χ4n) is 2.30. The van der Waals surface area contributed by atoms with E-state index in [0.717, 1.165) is 6.54 Å². The number of aliphatic hydroxyl groups excluding tert-OH is 1. The molecule has 0 amide bonds. The number of benzene rings is 1. The molecular formula is C17H23NOS. The van der Waals surface area contributed by atoms with Gasteiger partial charge in [0.05, 0.1) is 6.10 Å². The van der Waals surface area contributed by atoms with Gasteiger partial charge in [-0.05, 0) is 48.2 Å². The van der Waals surface area contributed by atoms with E-state index in [9.17, 15) is 5.11 Å². The molecule has 2 rings (SSSR count). The number of nitrogens with zero attached hydrogens (tertiary/aromatic N) is 1. The summed E-state index contributed by atoms with van der Waals surface area (Å²) in [5, 5.41) is 14.6. The minimum Gasteiger partial charge on any atom is -0.391 e. The summed E-state index contributed by atoms with van der Waals surface area (Å²) in [5.41, 5.74) is 2.52. The largest absolute Gasteiger partial charge is 0.391 e. The van der Waals surface area contributed by atoms with Crippen molar-refractivity contribution in [2.75, 3.05) is 6.54 Å². The summed E-state index contributed by atoms with van der Waals surface area (Å²) in [6, 6.07) is 12.8. The molecule has 0 aliphatic carbocycles. The van der Waals surface area contributed by atoms with Crippen molar-refractivity contribution in [1.82, 2.24) is 4.90 Å². The third-order valence-electron chi connectivity index (χ3n) is 3.46. The predicted octanol–water partition coefficient (Wildman–Crippen LogP) is 3.56. The SMILES string of the molecule is CC(C)N(Cc1ccsc1)CC(O)Cc1ccccc1. The van der Waals surface area contributed by atoms with Crippen molar-refractivity contribution in [3.05, 3.63) is 58.3 Å². The van der Waals surface area contributed by atoms with Gasteiger partial charge in [0.1, 0.15) is 0 Å². The molecule has 2 nitrogen and oxygen atoms in total. The molecular weight excluding hydrogens is 266 g/mol. The Morgan fingerprint density at radius 2 is 1.85 bits per heavy atom. The first-order valence-corrected chi connectivity index (χ1v) is 8.06. The van der Waals surface area contributed by atoms with Crippen LogP contribution < -0.4 is 0 Å². The van der Waals surface area contributed by atoms with Gasteiger partial charge in [0, 0.05) is 19.1 Å². The molecule has 1 N–H and O–H groups in total. The third-order valence-corrected chi connectivity index (χ3v) is 4.19. The van der Waals surface area contributed by atoms with Gasteiger partial charge >= 0.3 is 0 Å². The van der Waals surface area contributed by atoms with E-state index in [4.69, 9.17) is 0 Å².